The van der Waals surface area contributed by atoms with Crippen molar-refractivity contribution in [2.45, 2.75) is 25.3 Å². The largest absolute Gasteiger partial charge is 0.360 e. The van der Waals surface area contributed by atoms with E-state index in [1.54, 1.807) is 19.9 Å². The number of sulfonamides is 1. The first kappa shape index (κ1) is 14.5. The van der Waals surface area contributed by atoms with E-state index in [0.29, 0.717) is 16.5 Å². The standard InChI is InChI=1S/C11H13ClN2O3S2/c1-7-11(8(2)17-13-7)19(15,16)14(3)6-10-9(12)4-5-18-10/h4-5H,6H2,1-3H3. The molecular formula is C11H13ClN2O3S2. The summed E-state index contributed by atoms with van der Waals surface area (Å²) in [5, 5.41) is 6.08. The zero-order valence-corrected chi connectivity index (χ0v) is 13.1. The maximum absolute atomic E-state index is 12.5. The second-order valence-electron chi connectivity index (χ2n) is 4.11. The normalized spacial score (nSPS) is 12.3. The summed E-state index contributed by atoms with van der Waals surface area (Å²) >= 11 is 7.40. The molecule has 0 fully saturated rings. The zero-order chi connectivity index (χ0) is 14.2. The lowest BCUT2D eigenvalue weighted by atomic mass is 10.4. The third-order valence-electron chi connectivity index (χ3n) is 2.69. The number of thiophene rings is 1. The number of nitrogens with zero attached hydrogens (tertiary/aromatic N) is 2. The lowest BCUT2D eigenvalue weighted by Gasteiger charge is -2.16. The number of aryl methyl sites for hydroxylation is 2. The third-order valence-corrected chi connectivity index (χ3v) is 6.11. The van der Waals surface area contributed by atoms with Gasteiger partial charge in [0.25, 0.3) is 0 Å². The minimum atomic E-state index is -3.62. The van der Waals surface area contributed by atoms with Gasteiger partial charge in [-0.15, -0.1) is 11.3 Å². The van der Waals surface area contributed by atoms with Gasteiger partial charge >= 0.3 is 0 Å². The maximum Gasteiger partial charge on any atom is 0.248 e. The number of hydrogen-bond acceptors (Lipinski definition) is 5. The second-order valence-corrected chi connectivity index (χ2v) is 7.50. The zero-order valence-electron chi connectivity index (χ0n) is 10.7. The van der Waals surface area contributed by atoms with Crippen LogP contribution in [0, 0.1) is 13.8 Å². The molecule has 0 aliphatic carbocycles. The maximum atomic E-state index is 12.5. The van der Waals surface area contributed by atoms with Crippen LogP contribution >= 0.6 is 22.9 Å². The van der Waals surface area contributed by atoms with Crippen LogP contribution in [0.25, 0.3) is 0 Å². The molecule has 0 saturated carbocycles. The topological polar surface area (TPSA) is 63.4 Å². The molecule has 0 atom stereocenters. The Balaban J connectivity index is 2.33. The quantitative estimate of drug-likeness (QED) is 0.869. The van der Waals surface area contributed by atoms with Gasteiger partial charge in [-0.2, -0.15) is 4.31 Å². The van der Waals surface area contributed by atoms with E-state index in [1.807, 2.05) is 5.38 Å². The Morgan fingerprint density at radius 3 is 2.63 bits per heavy atom. The van der Waals surface area contributed by atoms with Crippen molar-refractivity contribution in [3.8, 4) is 0 Å². The molecule has 0 aliphatic heterocycles. The minimum absolute atomic E-state index is 0.127. The third kappa shape index (κ3) is 2.69. The molecule has 0 aromatic carbocycles. The van der Waals surface area contributed by atoms with Crippen molar-refractivity contribution in [2.24, 2.45) is 0 Å². The Morgan fingerprint density at radius 1 is 1.47 bits per heavy atom. The molecule has 104 valence electrons. The summed E-state index contributed by atoms with van der Waals surface area (Å²) in [6.45, 7) is 3.41. The molecule has 0 bridgehead atoms. The molecule has 0 spiro atoms. The van der Waals surface area contributed by atoms with Gasteiger partial charge in [-0.25, -0.2) is 8.42 Å². The molecule has 2 aromatic heterocycles. The molecule has 2 rings (SSSR count). The van der Waals surface area contributed by atoms with Gasteiger partial charge in [0.15, 0.2) is 5.76 Å². The van der Waals surface area contributed by atoms with E-state index in [9.17, 15) is 8.42 Å². The summed E-state index contributed by atoms with van der Waals surface area (Å²) in [7, 11) is -2.11. The Hall–Kier alpha value is -0.890. The highest BCUT2D eigenvalue weighted by Crippen LogP contribution is 2.27. The average Bonchev–Trinajstić information content (AvgIpc) is 2.86. The lowest BCUT2D eigenvalue weighted by Crippen LogP contribution is -2.27. The van der Waals surface area contributed by atoms with E-state index in [-0.39, 0.29) is 11.4 Å². The average molecular weight is 321 g/mol. The van der Waals surface area contributed by atoms with Crippen LogP contribution in [0.1, 0.15) is 16.3 Å². The molecule has 2 aromatic rings. The van der Waals surface area contributed by atoms with Crippen LogP contribution in [-0.2, 0) is 16.6 Å². The molecule has 2 heterocycles. The van der Waals surface area contributed by atoms with Crippen molar-refractivity contribution in [1.82, 2.24) is 9.46 Å². The van der Waals surface area contributed by atoms with Crippen molar-refractivity contribution >= 4 is 33.0 Å². The molecule has 0 aliphatic rings. The molecule has 0 N–H and O–H groups in total. The fraction of sp³-hybridized carbons (Fsp3) is 0.364. The first-order valence-electron chi connectivity index (χ1n) is 5.45. The molecule has 0 unspecified atom stereocenters. The van der Waals surface area contributed by atoms with Crippen molar-refractivity contribution < 1.29 is 12.9 Å². The van der Waals surface area contributed by atoms with Crippen molar-refractivity contribution in [1.29, 1.82) is 0 Å². The molecule has 0 amide bonds. The van der Waals surface area contributed by atoms with Crippen molar-refractivity contribution in [3.05, 3.63) is 32.8 Å². The predicted molar refractivity (Wildman–Crippen MR) is 74.0 cm³/mol. The highest BCUT2D eigenvalue weighted by atomic mass is 35.5. The minimum Gasteiger partial charge on any atom is -0.360 e. The summed E-state index contributed by atoms with van der Waals surface area (Å²) in [6.07, 6.45) is 0. The van der Waals surface area contributed by atoms with Gasteiger partial charge in [-0.05, 0) is 25.3 Å². The predicted octanol–water partition coefficient (Wildman–Crippen LogP) is 2.83. The van der Waals surface area contributed by atoms with E-state index >= 15 is 0 Å². The number of halogens is 1. The number of aromatic nitrogens is 1. The first-order chi connectivity index (χ1) is 8.84. The summed E-state index contributed by atoms with van der Waals surface area (Å²) in [5.74, 6) is 0.293. The highest BCUT2D eigenvalue weighted by Gasteiger charge is 2.29. The number of hydrogen-bond donors (Lipinski definition) is 0. The highest BCUT2D eigenvalue weighted by molar-refractivity contribution is 7.89. The molecule has 0 saturated heterocycles. The summed E-state index contributed by atoms with van der Waals surface area (Å²) in [4.78, 5) is 0.933. The van der Waals surface area contributed by atoms with Gasteiger partial charge in [0.2, 0.25) is 10.0 Å². The van der Waals surface area contributed by atoms with Gasteiger partial charge in [0.05, 0.1) is 5.02 Å². The van der Waals surface area contributed by atoms with Crippen LogP contribution in [-0.4, -0.2) is 24.9 Å². The van der Waals surface area contributed by atoms with Crippen LogP contribution in [0.2, 0.25) is 5.02 Å². The van der Waals surface area contributed by atoms with E-state index in [0.717, 1.165) is 4.88 Å². The SMILES string of the molecule is Cc1noc(C)c1S(=O)(=O)N(C)Cc1sccc1Cl. The molecule has 8 heteroatoms. The fourth-order valence-electron chi connectivity index (χ4n) is 1.72. The van der Waals surface area contributed by atoms with Crippen LogP contribution in [0.4, 0.5) is 0 Å². The van der Waals surface area contributed by atoms with Gasteiger partial charge in [0.1, 0.15) is 10.6 Å². The Kier molecular flexibility index (Phi) is 4.00. The van der Waals surface area contributed by atoms with Gasteiger partial charge in [0, 0.05) is 18.5 Å². The van der Waals surface area contributed by atoms with Gasteiger partial charge in [-0.1, -0.05) is 16.8 Å². The van der Waals surface area contributed by atoms with E-state index < -0.39 is 10.0 Å². The van der Waals surface area contributed by atoms with Crippen LogP contribution in [0.5, 0.6) is 0 Å². The molecule has 19 heavy (non-hydrogen) atoms. The van der Waals surface area contributed by atoms with Crippen LogP contribution < -0.4 is 0 Å². The summed E-state index contributed by atoms with van der Waals surface area (Å²) in [5.41, 5.74) is 0.363. The van der Waals surface area contributed by atoms with E-state index in [4.69, 9.17) is 16.1 Å². The van der Waals surface area contributed by atoms with Gasteiger partial charge in [-0.3, -0.25) is 0 Å². The number of rotatable bonds is 4. The smallest absolute Gasteiger partial charge is 0.248 e. The Morgan fingerprint density at radius 2 is 2.16 bits per heavy atom. The Labute approximate surface area is 120 Å². The van der Waals surface area contributed by atoms with Crippen LogP contribution in [0.3, 0.4) is 0 Å². The second kappa shape index (κ2) is 5.24. The van der Waals surface area contributed by atoms with E-state index in [1.165, 1.54) is 22.7 Å². The van der Waals surface area contributed by atoms with Crippen molar-refractivity contribution in [3.63, 3.8) is 0 Å². The van der Waals surface area contributed by atoms with Gasteiger partial charge < -0.3 is 4.52 Å². The summed E-state index contributed by atoms with van der Waals surface area (Å²) < 4.78 is 31.1. The monoisotopic (exact) mass is 320 g/mol. The molecule has 5 nitrogen and oxygen atoms in total. The Bertz CT molecular complexity index is 671. The molecule has 0 radical (unpaired) electrons. The van der Waals surface area contributed by atoms with Crippen LogP contribution in [0.15, 0.2) is 20.9 Å². The van der Waals surface area contributed by atoms with Crippen molar-refractivity contribution in [2.75, 3.05) is 7.05 Å². The van der Waals surface area contributed by atoms with E-state index in [2.05, 4.69) is 5.16 Å². The lowest BCUT2D eigenvalue weighted by molar-refractivity contribution is 0.389. The molecular weight excluding hydrogens is 308 g/mol. The first-order valence-corrected chi connectivity index (χ1v) is 8.15. The fourth-order valence-corrected chi connectivity index (χ4v) is 4.38. The summed E-state index contributed by atoms with van der Waals surface area (Å²) in [6, 6.07) is 1.75.